The number of ether oxygens (including phenoxy) is 3. The van der Waals surface area contributed by atoms with Gasteiger partial charge in [-0.2, -0.15) is 0 Å². The van der Waals surface area contributed by atoms with E-state index in [0.717, 1.165) is 69.6 Å². The van der Waals surface area contributed by atoms with E-state index >= 15 is 0 Å². The van der Waals surface area contributed by atoms with E-state index in [9.17, 15) is 0 Å². The van der Waals surface area contributed by atoms with Crippen LogP contribution in [0.15, 0.2) is 47.5 Å². The predicted octanol–water partition coefficient (Wildman–Crippen LogP) is 3.86. The van der Waals surface area contributed by atoms with Gasteiger partial charge in [0.2, 0.25) is 0 Å². The van der Waals surface area contributed by atoms with Crippen molar-refractivity contribution in [3.05, 3.63) is 59.2 Å². The molecule has 2 aromatic rings. The molecule has 1 aliphatic heterocycles. The van der Waals surface area contributed by atoms with Crippen LogP contribution in [0.2, 0.25) is 0 Å². The molecule has 0 atom stereocenters. The van der Waals surface area contributed by atoms with Crippen molar-refractivity contribution in [1.82, 2.24) is 10.6 Å². The molecule has 0 radical (unpaired) electrons. The molecule has 0 unspecified atom stereocenters. The maximum atomic E-state index is 5.69. The Labute approximate surface area is 192 Å². The lowest BCUT2D eigenvalue weighted by Gasteiger charge is -2.37. The number of guanidine groups is 1. The SMILES string of the molecule is CCNC(=NCC1(c2ccccc2C)CCOCC1)NCCc1ccc(OC)c(OC)c1. The molecular formula is C26H37N3O3. The van der Waals surface area contributed by atoms with Gasteiger partial charge in [0.05, 0.1) is 20.8 Å². The Morgan fingerprint density at radius 3 is 2.47 bits per heavy atom. The third-order valence-corrected chi connectivity index (χ3v) is 6.20. The van der Waals surface area contributed by atoms with Gasteiger partial charge in [0.1, 0.15) is 0 Å². The average molecular weight is 440 g/mol. The fourth-order valence-corrected chi connectivity index (χ4v) is 4.38. The van der Waals surface area contributed by atoms with E-state index in [1.165, 1.54) is 16.7 Å². The third kappa shape index (κ3) is 5.94. The highest BCUT2D eigenvalue weighted by Gasteiger charge is 2.35. The number of nitrogens with one attached hydrogen (secondary N) is 2. The second kappa shape index (κ2) is 11.8. The fraction of sp³-hybridized carbons (Fsp3) is 0.500. The molecule has 1 fully saturated rings. The van der Waals surface area contributed by atoms with Gasteiger partial charge in [0, 0.05) is 31.7 Å². The topological polar surface area (TPSA) is 64.1 Å². The number of nitrogens with zero attached hydrogens (tertiary/aromatic N) is 1. The summed E-state index contributed by atoms with van der Waals surface area (Å²) in [5.74, 6) is 2.36. The van der Waals surface area contributed by atoms with Crippen LogP contribution in [0.3, 0.4) is 0 Å². The molecule has 0 amide bonds. The van der Waals surface area contributed by atoms with Gasteiger partial charge in [0.15, 0.2) is 17.5 Å². The Hall–Kier alpha value is -2.73. The normalized spacial score (nSPS) is 15.8. The highest BCUT2D eigenvalue weighted by atomic mass is 16.5. The van der Waals surface area contributed by atoms with Crippen LogP contribution in [-0.2, 0) is 16.6 Å². The predicted molar refractivity (Wildman–Crippen MR) is 130 cm³/mol. The molecule has 0 spiro atoms. The lowest BCUT2D eigenvalue weighted by atomic mass is 9.72. The van der Waals surface area contributed by atoms with Gasteiger partial charge in [-0.15, -0.1) is 0 Å². The monoisotopic (exact) mass is 439 g/mol. The third-order valence-electron chi connectivity index (χ3n) is 6.20. The highest BCUT2D eigenvalue weighted by molar-refractivity contribution is 5.79. The minimum absolute atomic E-state index is 0.0231. The Morgan fingerprint density at radius 2 is 1.78 bits per heavy atom. The van der Waals surface area contributed by atoms with Crippen LogP contribution in [0.1, 0.15) is 36.5 Å². The molecule has 0 aromatic heterocycles. The van der Waals surface area contributed by atoms with Crippen molar-refractivity contribution in [2.45, 2.75) is 38.5 Å². The lowest BCUT2D eigenvalue weighted by Crippen LogP contribution is -2.42. The standard InChI is InChI=1S/C26H37N3O3/c1-5-27-25(28-15-12-21-10-11-23(30-3)24(18-21)31-4)29-19-26(13-16-32-17-14-26)22-9-7-6-8-20(22)2/h6-11,18H,5,12-17,19H2,1-4H3,(H2,27,28,29). The van der Waals surface area contributed by atoms with Crippen LogP contribution in [-0.4, -0.2) is 53.0 Å². The van der Waals surface area contributed by atoms with Gasteiger partial charge in [-0.05, 0) is 61.9 Å². The first-order chi connectivity index (χ1) is 15.6. The zero-order chi connectivity index (χ0) is 22.8. The van der Waals surface area contributed by atoms with Crippen molar-refractivity contribution in [3.8, 4) is 11.5 Å². The summed E-state index contributed by atoms with van der Waals surface area (Å²) >= 11 is 0. The van der Waals surface area contributed by atoms with Crippen LogP contribution >= 0.6 is 0 Å². The van der Waals surface area contributed by atoms with Crippen molar-refractivity contribution in [2.24, 2.45) is 4.99 Å². The van der Waals surface area contributed by atoms with E-state index in [1.807, 2.05) is 12.1 Å². The molecule has 6 heteroatoms. The van der Waals surface area contributed by atoms with Crippen LogP contribution in [0, 0.1) is 6.92 Å². The van der Waals surface area contributed by atoms with Crippen molar-refractivity contribution >= 4 is 5.96 Å². The molecule has 1 saturated heterocycles. The van der Waals surface area contributed by atoms with E-state index in [2.05, 4.69) is 54.8 Å². The van der Waals surface area contributed by atoms with Gasteiger partial charge in [-0.1, -0.05) is 30.3 Å². The molecule has 0 saturated carbocycles. The Bertz CT molecular complexity index is 892. The zero-order valence-electron chi connectivity index (χ0n) is 19.9. The number of aliphatic imine (C=N–C) groups is 1. The molecular weight excluding hydrogens is 402 g/mol. The van der Waals surface area contributed by atoms with Crippen LogP contribution in [0.25, 0.3) is 0 Å². The Kier molecular flexibility index (Phi) is 8.80. The summed E-state index contributed by atoms with van der Waals surface area (Å²) in [5.41, 5.74) is 3.94. The second-order valence-electron chi connectivity index (χ2n) is 8.27. The maximum Gasteiger partial charge on any atom is 0.191 e. The molecule has 2 aromatic carbocycles. The summed E-state index contributed by atoms with van der Waals surface area (Å²) in [4.78, 5) is 5.01. The number of methoxy groups -OCH3 is 2. The van der Waals surface area contributed by atoms with E-state index in [-0.39, 0.29) is 5.41 Å². The quantitative estimate of drug-likeness (QED) is 0.459. The average Bonchev–Trinajstić information content (AvgIpc) is 2.83. The molecule has 0 aliphatic carbocycles. The Balaban J connectivity index is 1.69. The van der Waals surface area contributed by atoms with Gasteiger partial charge in [0.25, 0.3) is 0 Å². The maximum absolute atomic E-state index is 5.69. The molecule has 174 valence electrons. The number of benzene rings is 2. The van der Waals surface area contributed by atoms with Crippen molar-refractivity contribution in [3.63, 3.8) is 0 Å². The van der Waals surface area contributed by atoms with Crippen LogP contribution in [0.5, 0.6) is 11.5 Å². The van der Waals surface area contributed by atoms with Crippen LogP contribution < -0.4 is 20.1 Å². The van der Waals surface area contributed by atoms with Crippen molar-refractivity contribution in [2.75, 3.05) is 47.1 Å². The highest BCUT2D eigenvalue weighted by Crippen LogP contribution is 2.37. The van der Waals surface area contributed by atoms with Gasteiger partial charge < -0.3 is 24.8 Å². The van der Waals surface area contributed by atoms with Gasteiger partial charge >= 0.3 is 0 Å². The summed E-state index contributed by atoms with van der Waals surface area (Å²) in [6, 6.07) is 14.7. The van der Waals surface area contributed by atoms with Gasteiger partial charge in [-0.3, -0.25) is 4.99 Å². The smallest absolute Gasteiger partial charge is 0.191 e. The first-order valence-corrected chi connectivity index (χ1v) is 11.5. The fourth-order valence-electron chi connectivity index (χ4n) is 4.38. The van der Waals surface area contributed by atoms with Crippen molar-refractivity contribution in [1.29, 1.82) is 0 Å². The zero-order valence-corrected chi connectivity index (χ0v) is 19.9. The number of hydrogen-bond acceptors (Lipinski definition) is 4. The summed E-state index contributed by atoms with van der Waals surface area (Å²) < 4.78 is 16.4. The molecule has 1 aliphatic rings. The first-order valence-electron chi connectivity index (χ1n) is 11.5. The minimum Gasteiger partial charge on any atom is -0.493 e. The largest absolute Gasteiger partial charge is 0.493 e. The second-order valence-corrected chi connectivity index (χ2v) is 8.27. The lowest BCUT2D eigenvalue weighted by molar-refractivity contribution is 0.0529. The summed E-state index contributed by atoms with van der Waals surface area (Å²) in [7, 11) is 3.32. The first kappa shape index (κ1) is 23.9. The Morgan fingerprint density at radius 1 is 1.03 bits per heavy atom. The van der Waals surface area contributed by atoms with Gasteiger partial charge in [-0.25, -0.2) is 0 Å². The summed E-state index contributed by atoms with van der Waals surface area (Å²) in [5, 5.41) is 6.89. The molecule has 1 heterocycles. The molecule has 0 bridgehead atoms. The summed E-state index contributed by atoms with van der Waals surface area (Å²) in [6.45, 7) is 8.21. The van der Waals surface area contributed by atoms with Crippen LogP contribution in [0.4, 0.5) is 0 Å². The summed E-state index contributed by atoms with van der Waals surface area (Å²) in [6.07, 6.45) is 2.85. The number of hydrogen-bond donors (Lipinski definition) is 2. The molecule has 3 rings (SSSR count). The minimum atomic E-state index is 0.0231. The molecule has 2 N–H and O–H groups in total. The van der Waals surface area contributed by atoms with E-state index in [1.54, 1.807) is 14.2 Å². The number of aryl methyl sites for hydroxylation is 1. The molecule has 6 nitrogen and oxygen atoms in total. The van der Waals surface area contributed by atoms with Crippen molar-refractivity contribution < 1.29 is 14.2 Å². The van der Waals surface area contributed by atoms with E-state index < -0.39 is 0 Å². The molecule has 32 heavy (non-hydrogen) atoms. The number of rotatable bonds is 9. The van der Waals surface area contributed by atoms with E-state index in [4.69, 9.17) is 19.2 Å². The van der Waals surface area contributed by atoms with E-state index in [0.29, 0.717) is 0 Å².